The molecule has 0 spiro atoms. The van der Waals surface area contributed by atoms with Crippen molar-refractivity contribution in [1.82, 2.24) is 10.1 Å². The predicted octanol–water partition coefficient (Wildman–Crippen LogP) is 5.39. The fraction of sp³-hybridized carbons (Fsp3) is 0.250. The van der Waals surface area contributed by atoms with Crippen LogP contribution in [0.5, 0.6) is 5.75 Å². The summed E-state index contributed by atoms with van der Waals surface area (Å²) in [5.41, 5.74) is 8.46. The van der Waals surface area contributed by atoms with Crippen molar-refractivity contribution in [2.24, 2.45) is 0 Å². The first-order valence-corrected chi connectivity index (χ1v) is 7.98. The summed E-state index contributed by atoms with van der Waals surface area (Å²) >= 11 is 0. The van der Waals surface area contributed by atoms with E-state index in [2.05, 4.69) is 37.0 Å². The van der Waals surface area contributed by atoms with Crippen molar-refractivity contribution in [3.05, 3.63) is 52.6 Å². The van der Waals surface area contributed by atoms with Crippen LogP contribution in [0.15, 0.2) is 34.4 Å². The first-order chi connectivity index (χ1) is 11.4. The molecule has 0 aliphatic carbocycles. The number of phenols is 1. The van der Waals surface area contributed by atoms with Crippen LogP contribution in [0.1, 0.15) is 36.6 Å². The Labute approximate surface area is 141 Å². The summed E-state index contributed by atoms with van der Waals surface area (Å²) in [5.74, 6) is 1.05. The molecule has 124 valence electrons. The Balaban J connectivity index is 2.35. The Morgan fingerprint density at radius 2 is 1.75 bits per heavy atom. The molecule has 3 aromatic rings. The molecule has 0 saturated heterocycles. The van der Waals surface area contributed by atoms with E-state index in [4.69, 9.17) is 4.52 Å². The smallest absolute Gasteiger partial charge is 0.143 e. The number of aromatic amines is 1. The third kappa shape index (κ3) is 2.75. The number of hydrogen-bond donors (Lipinski definition) is 2. The molecule has 0 amide bonds. The Bertz CT molecular complexity index is 889. The van der Waals surface area contributed by atoms with Gasteiger partial charge in [-0.15, -0.1) is 0 Å². The molecular weight excluding hydrogens is 300 g/mol. The maximum absolute atomic E-state index is 9.62. The average Bonchev–Trinajstić information content (AvgIpc) is 3.00. The molecule has 1 aromatic carbocycles. The Morgan fingerprint density at radius 1 is 1.08 bits per heavy atom. The minimum atomic E-state index is 0.258. The minimum Gasteiger partial charge on any atom is -0.508 e. The highest BCUT2D eigenvalue weighted by Crippen LogP contribution is 2.40. The highest BCUT2D eigenvalue weighted by molar-refractivity contribution is 5.90. The summed E-state index contributed by atoms with van der Waals surface area (Å²) in [5, 5.41) is 13.7. The second kappa shape index (κ2) is 6.04. The monoisotopic (exact) mass is 322 g/mol. The van der Waals surface area contributed by atoms with Crippen LogP contribution in [0.3, 0.4) is 0 Å². The lowest BCUT2D eigenvalue weighted by molar-refractivity contribution is 0.393. The summed E-state index contributed by atoms with van der Waals surface area (Å²) in [6.07, 6.45) is 2.18. The molecule has 3 rings (SSSR count). The van der Waals surface area contributed by atoms with Gasteiger partial charge in [0.15, 0.2) is 0 Å². The molecule has 4 nitrogen and oxygen atoms in total. The van der Waals surface area contributed by atoms with Crippen molar-refractivity contribution in [1.29, 1.82) is 0 Å². The van der Waals surface area contributed by atoms with Crippen LogP contribution in [0, 0.1) is 20.8 Å². The topological polar surface area (TPSA) is 62.0 Å². The summed E-state index contributed by atoms with van der Waals surface area (Å²) in [6, 6.07) is 7.28. The molecule has 0 bridgehead atoms. The lowest BCUT2D eigenvalue weighted by Gasteiger charge is -2.07. The molecule has 24 heavy (non-hydrogen) atoms. The van der Waals surface area contributed by atoms with Gasteiger partial charge in [0.05, 0.1) is 17.0 Å². The molecule has 0 aliphatic heterocycles. The van der Waals surface area contributed by atoms with E-state index >= 15 is 0 Å². The maximum atomic E-state index is 9.62. The van der Waals surface area contributed by atoms with Crippen LogP contribution in [0.2, 0.25) is 0 Å². The fourth-order valence-corrected chi connectivity index (χ4v) is 3.06. The summed E-state index contributed by atoms with van der Waals surface area (Å²) in [4.78, 5) is 3.51. The van der Waals surface area contributed by atoms with Gasteiger partial charge in [0.1, 0.15) is 11.5 Å². The SMILES string of the molecule is CC(C)=Cc1c(C)[nH]c(-c2c(C)noc2C)c1-c1ccc(O)cc1. The minimum absolute atomic E-state index is 0.258. The Morgan fingerprint density at radius 3 is 2.29 bits per heavy atom. The van der Waals surface area contributed by atoms with Crippen molar-refractivity contribution in [3.63, 3.8) is 0 Å². The number of aryl methyl sites for hydroxylation is 3. The first kappa shape index (κ1) is 16.1. The van der Waals surface area contributed by atoms with E-state index in [1.54, 1.807) is 12.1 Å². The number of phenolic OH excluding ortho intramolecular Hbond substituents is 1. The van der Waals surface area contributed by atoms with E-state index in [-0.39, 0.29) is 5.75 Å². The quantitative estimate of drug-likeness (QED) is 0.679. The van der Waals surface area contributed by atoms with E-state index in [9.17, 15) is 5.11 Å². The normalized spacial score (nSPS) is 10.9. The van der Waals surface area contributed by atoms with Crippen LogP contribution < -0.4 is 0 Å². The van der Waals surface area contributed by atoms with E-state index in [0.717, 1.165) is 45.1 Å². The van der Waals surface area contributed by atoms with E-state index in [1.165, 1.54) is 5.57 Å². The lowest BCUT2D eigenvalue weighted by Crippen LogP contribution is -1.87. The van der Waals surface area contributed by atoms with Crippen molar-refractivity contribution in [2.75, 3.05) is 0 Å². The zero-order chi connectivity index (χ0) is 17.4. The summed E-state index contributed by atoms with van der Waals surface area (Å²) < 4.78 is 5.36. The number of benzene rings is 1. The third-order valence-electron chi connectivity index (χ3n) is 4.11. The predicted molar refractivity (Wildman–Crippen MR) is 96.9 cm³/mol. The van der Waals surface area contributed by atoms with E-state index in [1.807, 2.05) is 26.0 Å². The number of hydrogen-bond acceptors (Lipinski definition) is 3. The summed E-state index contributed by atoms with van der Waals surface area (Å²) in [7, 11) is 0. The van der Waals surface area contributed by atoms with Crippen LogP contribution in [0.4, 0.5) is 0 Å². The number of aromatic hydroxyl groups is 1. The van der Waals surface area contributed by atoms with Gasteiger partial charge in [0, 0.05) is 16.8 Å². The number of rotatable bonds is 3. The van der Waals surface area contributed by atoms with Gasteiger partial charge < -0.3 is 14.6 Å². The standard InChI is InChI=1S/C20H22N2O2/c1-11(2)10-17-12(3)21-20(18-13(4)22-24-14(18)5)19(17)15-6-8-16(23)9-7-15/h6-10,21,23H,1-5H3. The Kier molecular flexibility index (Phi) is 4.06. The molecule has 0 radical (unpaired) electrons. The number of allylic oxidation sites excluding steroid dienone is 1. The molecule has 4 heteroatoms. The van der Waals surface area contributed by atoms with Gasteiger partial charge >= 0.3 is 0 Å². The highest BCUT2D eigenvalue weighted by Gasteiger charge is 2.22. The second-order valence-electron chi connectivity index (χ2n) is 6.38. The number of aromatic nitrogens is 2. The molecule has 0 atom stereocenters. The van der Waals surface area contributed by atoms with Crippen molar-refractivity contribution in [3.8, 4) is 28.1 Å². The second-order valence-corrected chi connectivity index (χ2v) is 6.38. The molecule has 0 unspecified atom stereocenters. The molecule has 0 fully saturated rings. The molecule has 0 aliphatic rings. The third-order valence-corrected chi connectivity index (χ3v) is 4.11. The van der Waals surface area contributed by atoms with Crippen LogP contribution in [-0.2, 0) is 0 Å². The molecular formula is C20H22N2O2. The van der Waals surface area contributed by atoms with Crippen molar-refractivity contribution in [2.45, 2.75) is 34.6 Å². The molecule has 0 saturated carbocycles. The van der Waals surface area contributed by atoms with Gasteiger partial charge in [-0.2, -0.15) is 0 Å². The van der Waals surface area contributed by atoms with Gasteiger partial charge in [0.2, 0.25) is 0 Å². The zero-order valence-electron chi connectivity index (χ0n) is 14.7. The van der Waals surface area contributed by atoms with E-state index < -0.39 is 0 Å². The van der Waals surface area contributed by atoms with Crippen LogP contribution in [-0.4, -0.2) is 15.2 Å². The number of nitrogens with zero attached hydrogens (tertiary/aromatic N) is 1. The number of nitrogens with one attached hydrogen (secondary N) is 1. The Hall–Kier alpha value is -2.75. The number of H-pyrrole nitrogens is 1. The van der Waals surface area contributed by atoms with Gasteiger partial charge in [-0.1, -0.05) is 28.9 Å². The van der Waals surface area contributed by atoms with Crippen molar-refractivity contribution < 1.29 is 9.63 Å². The van der Waals surface area contributed by atoms with Gasteiger partial charge in [0.25, 0.3) is 0 Å². The molecule has 2 aromatic heterocycles. The average molecular weight is 322 g/mol. The first-order valence-electron chi connectivity index (χ1n) is 7.98. The fourth-order valence-electron chi connectivity index (χ4n) is 3.06. The van der Waals surface area contributed by atoms with Gasteiger partial charge in [-0.05, 0) is 52.3 Å². The molecule has 2 heterocycles. The van der Waals surface area contributed by atoms with Gasteiger partial charge in [-0.25, -0.2) is 0 Å². The maximum Gasteiger partial charge on any atom is 0.143 e. The zero-order valence-corrected chi connectivity index (χ0v) is 14.7. The summed E-state index contributed by atoms with van der Waals surface area (Å²) in [6.45, 7) is 10.1. The van der Waals surface area contributed by atoms with Crippen LogP contribution in [0.25, 0.3) is 28.5 Å². The highest BCUT2D eigenvalue weighted by atomic mass is 16.5. The van der Waals surface area contributed by atoms with Gasteiger partial charge in [-0.3, -0.25) is 0 Å². The lowest BCUT2D eigenvalue weighted by atomic mass is 9.95. The van der Waals surface area contributed by atoms with Crippen molar-refractivity contribution >= 4 is 6.08 Å². The van der Waals surface area contributed by atoms with Crippen LogP contribution >= 0.6 is 0 Å². The van der Waals surface area contributed by atoms with E-state index in [0.29, 0.717) is 0 Å². The largest absolute Gasteiger partial charge is 0.508 e. The molecule has 2 N–H and O–H groups in total.